The summed E-state index contributed by atoms with van der Waals surface area (Å²) < 4.78 is 0. The number of hydrogen-bond donors (Lipinski definition) is 3. The fourth-order valence-corrected chi connectivity index (χ4v) is 2.71. The zero-order valence-electron chi connectivity index (χ0n) is 14.6. The van der Waals surface area contributed by atoms with Crippen molar-refractivity contribution in [3.8, 4) is 0 Å². The standard InChI is InChI=1S/C19H21Cl2N3O2/c1-12(2)9-18(25)23-14-4-6-15(7-5-14)24-19(26)11-22-17-8-3-13(20)10-16(17)21/h3-8,10,12,22H,9,11H2,1-2H3,(H,23,25)(H,24,26). The maximum Gasteiger partial charge on any atom is 0.243 e. The second kappa shape index (κ2) is 9.46. The van der Waals surface area contributed by atoms with Crippen molar-refractivity contribution in [1.82, 2.24) is 0 Å². The number of rotatable bonds is 7. The van der Waals surface area contributed by atoms with Crippen LogP contribution in [0.3, 0.4) is 0 Å². The maximum atomic E-state index is 12.0. The number of nitrogens with one attached hydrogen (secondary N) is 3. The normalized spacial score (nSPS) is 10.5. The van der Waals surface area contributed by atoms with Gasteiger partial charge in [0, 0.05) is 22.8 Å². The van der Waals surface area contributed by atoms with Crippen LogP contribution in [0.25, 0.3) is 0 Å². The number of carbonyl (C=O) groups excluding carboxylic acids is 2. The first-order valence-electron chi connectivity index (χ1n) is 8.22. The van der Waals surface area contributed by atoms with Crippen molar-refractivity contribution in [2.75, 3.05) is 22.5 Å². The largest absolute Gasteiger partial charge is 0.375 e. The van der Waals surface area contributed by atoms with Gasteiger partial charge in [-0.15, -0.1) is 0 Å². The van der Waals surface area contributed by atoms with Gasteiger partial charge in [-0.2, -0.15) is 0 Å². The Kier molecular flexibility index (Phi) is 7.30. The van der Waals surface area contributed by atoms with Crippen LogP contribution in [-0.2, 0) is 9.59 Å². The first-order valence-corrected chi connectivity index (χ1v) is 8.98. The molecule has 0 unspecified atom stereocenters. The van der Waals surface area contributed by atoms with Gasteiger partial charge in [-0.05, 0) is 48.4 Å². The lowest BCUT2D eigenvalue weighted by Gasteiger charge is -2.10. The fraction of sp³-hybridized carbons (Fsp3) is 0.263. The highest BCUT2D eigenvalue weighted by Crippen LogP contribution is 2.25. The van der Waals surface area contributed by atoms with Gasteiger partial charge in [-0.3, -0.25) is 9.59 Å². The summed E-state index contributed by atoms with van der Waals surface area (Å²) in [6.45, 7) is 4.04. The summed E-state index contributed by atoms with van der Waals surface area (Å²) in [5.41, 5.74) is 1.97. The van der Waals surface area contributed by atoms with E-state index in [0.717, 1.165) is 0 Å². The van der Waals surface area contributed by atoms with E-state index in [9.17, 15) is 9.59 Å². The van der Waals surface area contributed by atoms with E-state index < -0.39 is 0 Å². The third kappa shape index (κ3) is 6.58. The molecule has 0 saturated heterocycles. The summed E-state index contributed by atoms with van der Waals surface area (Å²) in [5, 5.41) is 9.53. The van der Waals surface area contributed by atoms with Crippen LogP contribution in [0.2, 0.25) is 10.0 Å². The van der Waals surface area contributed by atoms with Crippen LogP contribution in [0.5, 0.6) is 0 Å². The lowest BCUT2D eigenvalue weighted by atomic mass is 10.1. The van der Waals surface area contributed by atoms with Gasteiger partial charge in [0.25, 0.3) is 0 Å². The molecule has 2 aromatic rings. The molecule has 0 aromatic heterocycles. The molecule has 0 aliphatic carbocycles. The Labute approximate surface area is 163 Å². The number of carbonyl (C=O) groups is 2. The van der Waals surface area contributed by atoms with Crippen molar-refractivity contribution in [2.45, 2.75) is 20.3 Å². The number of hydrogen-bond acceptors (Lipinski definition) is 3. The fourth-order valence-electron chi connectivity index (χ4n) is 2.23. The van der Waals surface area contributed by atoms with Crippen molar-refractivity contribution >= 4 is 52.1 Å². The van der Waals surface area contributed by atoms with Crippen molar-refractivity contribution < 1.29 is 9.59 Å². The molecule has 0 fully saturated rings. The first kappa shape index (κ1) is 20.1. The van der Waals surface area contributed by atoms with Crippen LogP contribution in [0.4, 0.5) is 17.1 Å². The van der Waals surface area contributed by atoms with Gasteiger partial charge >= 0.3 is 0 Å². The Bertz CT molecular complexity index is 777. The minimum atomic E-state index is -0.215. The summed E-state index contributed by atoms with van der Waals surface area (Å²) in [4.78, 5) is 23.8. The van der Waals surface area contributed by atoms with E-state index in [1.807, 2.05) is 13.8 Å². The van der Waals surface area contributed by atoms with Crippen LogP contribution in [0.15, 0.2) is 42.5 Å². The molecule has 0 bridgehead atoms. The smallest absolute Gasteiger partial charge is 0.243 e. The highest BCUT2D eigenvalue weighted by Gasteiger charge is 2.07. The maximum absolute atomic E-state index is 12.0. The molecule has 138 valence electrons. The van der Waals surface area contributed by atoms with Crippen molar-refractivity contribution in [1.29, 1.82) is 0 Å². The minimum Gasteiger partial charge on any atom is -0.375 e. The van der Waals surface area contributed by atoms with E-state index in [4.69, 9.17) is 23.2 Å². The summed E-state index contributed by atoms with van der Waals surface area (Å²) in [5.74, 6) is 0.0589. The summed E-state index contributed by atoms with van der Waals surface area (Å²) in [7, 11) is 0. The van der Waals surface area contributed by atoms with E-state index in [0.29, 0.717) is 39.4 Å². The molecule has 26 heavy (non-hydrogen) atoms. The molecule has 0 heterocycles. The van der Waals surface area contributed by atoms with Gasteiger partial charge in [0.1, 0.15) is 0 Å². The zero-order chi connectivity index (χ0) is 19.1. The van der Waals surface area contributed by atoms with Crippen molar-refractivity contribution in [3.05, 3.63) is 52.5 Å². The number of amides is 2. The third-order valence-corrected chi connectivity index (χ3v) is 3.96. The monoisotopic (exact) mass is 393 g/mol. The molecule has 5 nitrogen and oxygen atoms in total. The lowest BCUT2D eigenvalue weighted by Crippen LogP contribution is -2.21. The summed E-state index contributed by atoms with van der Waals surface area (Å²) in [6, 6.07) is 12.0. The molecule has 2 amide bonds. The van der Waals surface area contributed by atoms with Crippen LogP contribution in [0.1, 0.15) is 20.3 Å². The van der Waals surface area contributed by atoms with Gasteiger partial charge in [0.15, 0.2) is 0 Å². The average molecular weight is 394 g/mol. The summed E-state index contributed by atoms with van der Waals surface area (Å²) in [6.07, 6.45) is 0.470. The predicted octanol–water partition coefficient (Wildman–Crippen LogP) is 5.03. The Morgan fingerprint density at radius 1 is 0.923 bits per heavy atom. The molecule has 0 radical (unpaired) electrons. The summed E-state index contributed by atoms with van der Waals surface area (Å²) >= 11 is 11.9. The highest BCUT2D eigenvalue weighted by atomic mass is 35.5. The molecule has 0 saturated carbocycles. The Hall–Kier alpha value is -2.24. The van der Waals surface area contributed by atoms with Crippen LogP contribution < -0.4 is 16.0 Å². The van der Waals surface area contributed by atoms with Crippen molar-refractivity contribution in [2.24, 2.45) is 5.92 Å². The Balaban J connectivity index is 1.84. The molecule has 7 heteroatoms. The second-order valence-electron chi connectivity index (χ2n) is 6.25. The molecule has 2 aromatic carbocycles. The predicted molar refractivity (Wildman–Crippen MR) is 108 cm³/mol. The molecular weight excluding hydrogens is 373 g/mol. The highest BCUT2D eigenvalue weighted by molar-refractivity contribution is 6.36. The molecule has 0 atom stereocenters. The molecule has 0 spiro atoms. The molecule has 3 N–H and O–H groups in total. The van der Waals surface area contributed by atoms with E-state index in [1.54, 1.807) is 42.5 Å². The average Bonchev–Trinajstić information content (AvgIpc) is 2.55. The molecule has 0 aliphatic rings. The third-order valence-electron chi connectivity index (χ3n) is 3.42. The van der Waals surface area contributed by atoms with Crippen molar-refractivity contribution in [3.63, 3.8) is 0 Å². The molecule has 2 rings (SSSR count). The topological polar surface area (TPSA) is 70.2 Å². The molecule has 0 aliphatic heterocycles. The van der Waals surface area contributed by atoms with Crippen LogP contribution in [0, 0.1) is 5.92 Å². The second-order valence-corrected chi connectivity index (χ2v) is 7.09. The van der Waals surface area contributed by atoms with Gasteiger partial charge in [0.2, 0.25) is 11.8 Å². The number of anilines is 3. The number of benzene rings is 2. The Morgan fingerprint density at radius 2 is 1.50 bits per heavy atom. The zero-order valence-corrected chi connectivity index (χ0v) is 16.1. The minimum absolute atomic E-state index is 0.0270. The van der Waals surface area contributed by atoms with Gasteiger partial charge < -0.3 is 16.0 Å². The lowest BCUT2D eigenvalue weighted by molar-refractivity contribution is -0.117. The van der Waals surface area contributed by atoms with Crippen LogP contribution in [-0.4, -0.2) is 18.4 Å². The van der Waals surface area contributed by atoms with Gasteiger partial charge in [-0.1, -0.05) is 37.0 Å². The van der Waals surface area contributed by atoms with E-state index >= 15 is 0 Å². The first-order chi connectivity index (χ1) is 12.3. The van der Waals surface area contributed by atoms with Crippen LogP contribution >= 0.6 is 23.2 Å². The van der Waals surface area contributed by atoms with E-state index in [-0.39, 0.29) is 18.4 Å². The van der Waals surface area contributed by atoms with E-state index in [2.05, 4.69) is 16.0 Å². The van der Waals surface area contributed by atoms with E-state index in [1.165, 1.54) is 0 Å². The number of halogens is 2. The Morgan fingerprint density at radius 3 is 2.04 bits per heavy atom. The van der Waals surface area contributed by atoms with Gasteiger partial charge in [-0.25, -0.2) is 0 Å². The SMILES string of the molecule is CC(C)CC(=O)Nc1ccc(NC(=O)CNc2ccc(Cl)cc2Cl)cc1. The molecular formula is C19H21Cl2N3O2. The quantitative estimate of drug-likeness (QED) is 0.617. The van der Waals surface area contributed by atoms with Gasteiger partial charge in [0.05, 0.1) is 17.3 Å².